The number of anilines is 1. The van der Waals surface area contributed by atoms with Crippen LogP contribution in [0.1, 0.15) is 0 Å². The van der Waals surface area contributed by atoms with Gasteiger partial charge in [0.05, 0.1) is 10.6 Å². The number of benzene rings is 1. The summed E-state index contributed by atoms with van der Waals surface area (Å²) in [6, 6.07) is 5.97. The molecule has 0 spiro atoms. The summed E-state index contributed by atoms with van der Waals surface area (Å²) in [7, 11) is 0. The van der Waals surface area contributed by atoms with Crippen LogP contribution in [0.4, 0.5) is 11.4 Å². The van der Waals surface area contributed by atoms with Gasteiger partial charge in [-0.1, -0.05) is 6.07 Å². The molecule has 0 amide bonds. The second-order valence-corrected chi connectivity index (χ2v) is 2.56. The molecule has 0 saturated carbocycles. The summed E-state index contributed by atoms with van der Waals surface area (Å²) in [5.41, 5.74) is 2.87. The first-order valence-corrected chi connectivity index (χ1v) is 4.05. The molecule has 0 aliphatic rings. The monoisotopic (exact) mass is 243 g/mol. The van der Waals surface area contributed by atoms with Gasteiger partial charge in [0.1, 0.15) is 0 Å². The van der Waals surface area contributed by atoms with Crippen LogP contribution in [0.5, 0.6) is 0 Å². The third-order valence-electron chi connectivity index (χ3n) is 1.41. The van der Waals surface area contributed by atoms with Crippen molar-refractivity contribution in [3.63, 3.8) is 0 Å². The first kappa shape index (κ1) is 14.3. The highest BCUT2D eigenvalue weighted by molar-refractivity contribution is 6.27. The molecule has 92 valence electrons. The number of hydrogen-bond donors (Lipinski definition) is 4. The highest BCUT2D eigenvalue weighted by Crippen LogP contribution is 2.15. The van der Waals surface area contributed by atoms with Crippen molar-refractivity contribution in [2.45, 2.75) is 0 Å². The molecule has 9 heteroatoms. The zero-order chi connectivity index (χ0) is 13.4. The van der Waals surface area contributed by atoms with Crippen LogP contribution in [-0.2, 0) is 9.59 Å². The van der Waals surface area contributed by atoms with Crippen molar-refractivity contribution < 1.29 is 24.7 Å². The number of carboxylic acid groups (broad SMARTS) is 2. The number of non-ortho nitro benzene ring substituents is 1. The SMILES string of the molecule is NNc1cccc([N+](=O)[O-])c1.O=C(O)C(=O)O. The van der Waals surface area contributed by atoms with Gasteiger partial charge in [0.2, 0.25) is 0 Å². The lowest BCUT2D eigenvalue weighted by Crippen LogP contribution is -2.09. The Morgan fingerprint density at radius 1 is 1.29 bits per heavy atom. The van der Waals surface area contributed by atoms with E-state index in [4.69, 9.17) is 25.6 Å². The Labute approximate surface area is 94.6 Å². The summed E-state index contributed by atoms with van der Waals surface area (Å²) in [6.07, 6.45) is 0. The van der Waals surface area contributed by atoms with Crippen molar-refractivity contribution in [2.24, 2.45) is 5.84 Å². The van der Waals surface area contributed by atoms with Crippen molar-refractivity contribution in [2.75, 3.05) is 5.43 Å². The van der Waals surface area contributed by atoms with Gasteiger partial charge in [-0.15, -0.1) is 0 Å². The van der Waals surface area contributed by atoms with E-state index in [1.807, 2.05) is 0 Å². The number of rotatable bonds is 2. The minimum Gasteiger partial charge on any atom is -0.473 e. The van der Waals surface area contributed by atoms with Gasteiger partial charge in [0, 0.05) is 12.1 Å². The number of nitrogens with one attached hydrogen (secondary N) is 1. The fraction of sp³-hybridized carbons (Fsp3) is 0. The zero-order valence-corrected chi connectivity index (χ0v) is 8.36. The summed E-state index contributed by atoms with van der Waals surface area (Å²) in [5.74, 6) is 1.40. The van der Waals surface area contributed by atoms with E-state index >= 15 is 0 Å². The third kappa shape index (κ3) is 5.69. The molecule has 1 aromatic carbocycles. The fourth-order valence-electron chi connectivity index (χ4n) is 0.709. The van der Waals surface area contributed by atoms with Crippen molar-refractivity contribution in [1.29, 1.82) is 0 Å². The van der Waals surface area contributed by atoms with Gasteiger partial charge in [0.15, 0.2) is 0 Å². The number of carbonyl (C=O) groups is 2. The number of nitrogens with zero attached hydrogens (tertiary/aromatic N) is 1. The number of carboxylic acids is 2. The Kier molecular flexibility index (Phi) is 5.68. The molecule has 0 aliphatic carbocycles. The minimum absolute atomic E-state index is 0.0282. The zero-order valence-electron chi connectivity index (χ0n) is 8.36. The Hall–Kier alpha value is -2.68. The number of aliphatic carboxylic acids is 2. The molecule has 0 bridgehead atoms. The van der Waals surface area contributed by atoms with Gasteiger partial charge in [-0.3, -0.25) is 16.0 Å². The first-order chi connectivity index (χ1) is 7.88. The van der Waals surface area contributed by atoms with Crippen molar-refractivity contribution in [3.05, 3.63) is 34.4 Å². The van der Waals surface area contributed by atoms with Crippen LogP contribution in [0.25, 0.3) is 0 Å². The standard InChI is InChI=1S/C6H7N3O2.C2H2O4/c7-8-5-2-1-3-6(4-5)9(10)11;3-1(4)2(5)6/h1-4,8H,7H2;(H,3,4)(H,5,6). The molecule has 0 aromatic heterocycles. The quantitative estimate of drug-likeness (QED) is 0.245. The molecule has 5 N–H and O–H groups in total. The molecule has 0 unspecified atom stereocenters. The van der Waals surface area contributed by atoms with Crippen LogP contribution in [0.15, 0.2) is 24.3 Å². The second kappa shape index (κ2) is 6.74. The van der Waals surface area contributed by atoms with Gasteiger partial charge < -0.3 is 15.6 Å². The fourth-order valence-corrected chi connectivity index (χ4v) is 0.709. The van der Waals surface area contributed by atoms with Gasteiger partial charge in [0.25, 0.3) is 5.69 Å². The normalized spacial score (nSPS) is 8.53. The lowest BCUT2D eigenvalue weighted by atomic mass is 10.3. The maximum Gasteiger partial charge on any atom is 0.414 e. The number of hydrogen-bond acceptors (Lipinski definition) is 6. The van der Waals surface area contributed by atoms with Gasteiger partial charge >= 0.3 is 11.9 Å². The third-order valence-corrected chi connectivity index (χ3v) is 1.41. The lowest BCUT2D eigenvalue weighted by molar-refractivity contribution is -0.384. The Morgan fingerprint density at radius 3 is 2.18 bits per heavy atom. The summed E-state index contributed by atoms with van der Waals surface area (Å²) in [5, 5.41) is 25.0. The number of hydrazine groups is 1. The van der Waals surface area contributed by atoms with E-state index in [1.54, 1.807) is 12.1 Å². The second-order valence-electron chi connectivity index (χ2n) is 2.56. The maximum atomic E-state index is 10.2. The Balaban J connectivity index is 0.000000366. The summed E-state index contributed by atoms with van der Waals surface area (Å²) in [4.78, 5) is 27.9. The van der Waals surface area contributed by atoms with E-state index in [0.717, 1.165) is 0 Å². The molecule has 0 aliphatic heterocycles. The molecule has 9 nitrogen and oxygen atoms in total. The highest BCUT2D eigenvalue weighted by Gasteiger charge is 2.04. The number of nitrogens with two attached hydrogens (primary N) is 1. The van der Waals surface area contributed by atoms with Gasteiger partial charge in [-0.05, 0) is 6.07 Å². The van der Waals surface area contributed by atoms with E-state index in [-0.39, 0.29) is 5.69 Å². The number of nitrogen functional groups attached to an aromatic ring is 1. The summed E-state index contributed by atoms with van der Waals surface area (Å²) < 4.78 is 0. The number of nitro benzene ring substituents is 1. The smallest absolute Gasteiger partial charge is 0.414 e. The van der Waals surface area contributed by atoms with E-state index in [2.05, 4.69) is 5.43 Å². The minimum atomic E-state index is -1.82. The predicted molar refractivity (Wildman–Crippen MR) is 56.2 cm³/mol. The summed E-state index contributed by atoms with van der Waals surface area (Å²) >= 11 is 0. The van der Waals surface area contributed by atoms with E-state index in [9.17, 15) is 10.1 Å². The van der Waals surface area contributed by atoms with Crippen LogP contribution < -0.4 is 11.3 Å². The maximum absolute atomic E-state index is 10.2. The molecule has 0 atom stereocenters. The van der Waals surface area contributed by atoms with Crippen LogP contribution in [-0.4, -0.2) is 27.1 Å². The van der Waals surface area contributed by atoms with Crippen molar-refractivity contribution >= 4 is 23.3 Å². The van der Waals surface area contributed by atoms with Gasteiger partial charge in [-0.25, -0.2) is 9.59 Å². The average Bonchev–Trinajstić information content (AvgIpc) is 2.29. The molecule has 17 heavy (non-hydrogen) atoms. The topological polar surface area (TPSA) is 156 Å². The van der Waals surface area contributed by atoms with Crippen LogP contribution >= 0.6 is 0 Å². The summed E-state index contributed by atoms with van der Waals surface area (Å²) in [6.45, 7) is 0. The highest BCUT2D eigenvalue weighted by atomic mass is 16.6. The Bertz CT molecular complexity index is 421. The van der Waals surface area contributed by atoms with Gasteiger partial charge in [-0.2, -0.15) is 0 Å². The molecule has 0 heterocycles. The van der Waals surface area contributed by atoms with E-state index in [0.29, 0.717) is 5.69 Å². The van der Waals surface area contributed by atoms with Crippen LogP contribution in [0, 0.1) is 10.1 Å². The molecule has 0 fully saturated rings. The largest absolute Gasteiger partial charge is 0.473 e. The lowest BCUT2D eigenvalue weighted by Gasteiger charge is -1.96. The molecule has 0 saturated heterocycles. The molecular weight excluding hydrogens is 234 g/mol. The predicted octanol–water partition coefficient (Wildman–Crippen LogP) is 0.0360. The molecular formula is C8H9N3O6. The number of nitro groups is 1. The van der Waals surface area contributed by atoms with Crippen molar-refractivity contribution in [1.82, 2.24) is 0 Å². The van der Waals surface area contributed by atoms with E-state index < -0.39 is 16.9 Å². The van der Waals surface area contributed by atoms with Crippen LogP contribution in [0.2, 0.25) is 0 Å². The average molecular weight is 243 g/mol. The first-order valence-electron chi connectivity index (χ1n) is 4.05. The molecule has 0 radical (unpaired) electrons. The van der Waals surface area contributed by atoms with Crippen LogP contribution in [0.3, 0.4) is 0 Å². The van der Waals surface area contributed by atoms with Crippen molar-refractivity contribution in [3.8, 4) is 0 Å². The Morgan fingerprint density at radius 2 is 1.82 bits per heavy atom. The molecule has 1 rings (SSSR count). The van der Waals surface area contributed by atoms with E-state index in [1.165, 1.54) is 12.1 Å². The molecule has 1 aromatic rings.